The fourth-order valence-electron chi connectivity index (χ4n) is 4.90. The lowest BCUT2D eigenvalue weighted by atomic mass is 9.77. The number of fused-ring (bicyclic) bond motifs is 1. The minimum atomic E-state index is -0.665. The van der Waals surface area contributed by atoms with Crippen molar-refractivity contribution in [2.75, 3.05) is 0 Å². The minimum Gasteiger partial charge on any atom is -0.468 e. The molecule has 1 fully saturated rings. The molecule has 0 saturated carbocycles. The van der Waals surface area contributed by atoms with Gasteiger partial charge in [0.2, 0.25) is 0 Å². The van der Waals surface area contributed by atoms with Gasteiger partial charge in [-0.25, -0.2) is 4.79 Å². The van der Waals surface area contributed by atoms with Crippen LogP contribution in [0.1, 0.15) is 54.1 Å². The van der Waals surface area contributed by atoms with Gasteiger partial charge in [0, 0.05) is 35.9 Å². The molecule has 0 bridgehead atoms. The second-order valence-corrected chi connectivity index (χ2v) is 9.77. The predicted molar refractivity (Wildman–Crippen MR) is 132 cm³/mol. The van der Waals surface area contributed by atoms with Gasteiger partial charge >= 0.3 is 5.97 Å². The Kier molecular flexibility index (Phi) is 5.33. The highest BCUT2D eigenvalue weighted by Crippen LogP contribution is 2.47. The zero-order valence-corrected chi connectivity index (χ0v) is 19.4. The lowest BCUT2D eigenvalue weighted by Crippen LogP contribution is -2.69. The summed E-state index contributed by atoms with van der Waals surface area (Å²) in [6, 6.07) is 25.0. The molecule has 0 amide bonds. The number of benzene rings is 3. The maximum Gasteiger partial charge on any atom is 0.343 e. The van der Waals surface area contributed by atoms with Gasteiger partial charge in [0.25, 0.3) is 0 Å². The van der Waals surface area contributed by atoms with Crippen LogP contribution in [0.4, 0.5) is 0 Å². The average molecular weight is 459 g/mol. The molecule has 0 aliphatic carbocycles. The summed E-state index contributed by atoms with van der Waals surface area (Å²) in [5.41, 5.74) is 1.89. The third kappa shape index (κ3) is 4.44. The average Bonchev–Trinajstić information content (AvgIpc) is 2.78. The van der Waals surface area contributed by atoms with Crippen molar-refractivity contribution in [3.8, 4) is 11.5 Å². The Hall–Kier alpha value is -3.38. The normalized spacial score (nSPS) is 23.0. The fraction of sp³-hybridized carbons (Fsp3) is 0.259. The monoisotopic (exact) mass is 458 g/mol. The fourth-order valence-corrected chi connectivity index (χ4v) is 5.36. The van der Waals surface area contributed by atoms with Gasteiger partial charge < -0.3 is 20.1 Å². The maximum absolute atomic E-state index is 12.6. The second-order valence-electron chi connectivity index (χ2n) is 9.36. The predicted octanol–water partition coefficient (Wildman–Crippen LogP) is 5.16. The van der Waals surface area contributed by atoms with Crippen molar-refractivity contribution in [1.29, 1.82) is 0 Å². The Morgan fingerprint density at radius 1 is 1.00 bits per heavy atom. The zero-order valence-electron chi connectivity index (χ0n) is 18.6. The van der Waals surface area contributed by atoms with Gasteiger partial charge in [-0.2, -0.15) is 0 Å². The summed E-state index contributed by atoms with van der Waals surface area (Å²) in [6.45, 7) is 4.24. The molecular weight excluding hydrogens is 432 g/mol. The number of thiocarbonyl (C=S) groups is 1. The first-order valence-corrected chi connectivity index (χ1v) is 11.5. The molecule has 33 heavy (non-hydrogen) atoms. The summed E-state index contributed by atoms with van der Waals surface area (Å²) in [7, 11) is 0. The molecule has 2 aliphatic rings. The Bertz CT molecular complexity index is 1200. The highest BCUT2D eigenvalue weighted by atomic mass is 32.1. The molecule has 3 aromatic rings. The van der Waals surface area contributed by atoms with Crippen molar-refractivity contribution in [3.63, 3.8) is 0 Å². The summed E-state index contributed by atoms with van der Waals surface area (Å²) in [6.07, 6.45) is 1.45. The van der Waals surface area contributed by atoms with Crippen LogP contribution < -0.4 is 20.1 Å². The third-order valence-electron chi connectivity index (χ3n) is 6.14. The van der Waals surface area contributed by atoms with Crippen LogP contribution in [0.15, 0.2) is 78.9 Å². The second kappa shape index (κ2) is 8.19. The zero-order chi connectivity index (χ0) is 23.1. The molecule has 2 heterocycles. The van der Waals surface area contributed by atoms with Gasteiger partial charge in [0.05, 0.1) is 5.56 Å². The molecule has 0 radical (unpaired) electrons. The third-order valence-corrected chi connectivity index (χ3v) is 6.35. The summed E-state index contributed by atoms with van der Waals surface area (Å²) < 4.78 is 12.3. The highest BCUT2D eigenvalue weighted by molar-refractivity contribution is 7.80. The van der Waals surface area contributed by atoms with Crippen LogP contribution in [0, 0.1) is 0 Å². The summed E-state index contributed by atoms with van der Waals surface area (Å²) in [4.78, 5) is 12.6. The number of rotatable bonds is 3. The van der Waals surface area contributed by atoms with Crippen molar-refractivity contribution in [1.82, 2.24) is 10.6 Å². The van der Waals surface area contributed by atoms with E-state index in [0.29, 0.717) is 22.2 Å². The first-order chi connectivity index (χ1) is 15.8. The van der Waals surface area contributed by atoms with Gasteiger partial charge in [0.15, 0.2) is 10.8 Å². The number of esters is 1. The Labute approximate surface area is 199 Å². The largest absolute Gasteiger partial charge is 0.468 e. The molecule has 5 rings (SSSR count). The van der Waals surface area contributed by atoms with E-state index in [2.05, 4.69) is 48.7 Å². The van der Waals surface area contributed by atoms with Gasteiger partial charge in [-0.1, -0.05) is 54.6 Å². The van der Waals surface area contributed by atoms with E-state index in [4.69, 9.17) is 21.7 Å². The van der Waals surface area contributed by atoms with Gasteiger partial charge in [-0.15, -0.1) is 0 Å². The number of nitrogens with one attached hydrogen (secondary N) is 2. The molecule has 2 aliphatic heterocycles. The molecular formula is C27H26N2O3S. The molecule has 2 N–H and O–H groups in total. The van der Waals surface area contributed by atoms with Crippen LogP contribution in [0.5, 0.6) is 11.5 Å². The standard InChI is InChI=1S/C27H26N2O3S/c1-26(2)17-27(29-25(33)28-26)16-22(18-9-5-3-6-10-18)21-14-13-20(15-23(21)32-27)31-24(30)19-11-7-4-8-12-19/h3-15,22H,16-17H2,1-2H3,(H2,28,29,33)/t22-,27-/m0/s1. The molecule has 168 valence electrons. The number of hydrogen-bond donors (Lipinski definition) is 2. The Balaban J connectivity index is 1.52. The first-order valence-electron chi connectivity index (χ1n) is 11.1. The SMILES string of the molecule is CC1(C)C[C@@]2(C[C@@H](c3ccccc3)c3ccc(OC(=O)c4ccccc4)cc3O2)NC(=S)N1. The molecule has 2 atom stereocenters. The highest BCUT2D eigenvalue weighted by Gasteiger charge is 2.48. The van der Waals surface area contributed by atoms with Crippen molar-refractivity contribution in [2.24, 2.45) is 0 Å². The lowest BCUT2D eigenvalue weighted by molar-refractivity contribution is -0.0128. The molecule has 1 saturated heterocycles. The van der Waals surface area contributed by atoms with Crippen LogP contribution in [0.2, 0.25) is 0 Å². The Morgan fingerprint density at radius 2 is 1.70 bits per heavy atom. The summed E-state index contributed by atoms with van der Waals surface area (Å²) in [5.74, 6) is 0.852. The molecule has 5 nitrogen and oxygen atoms in total. The van der Waals surface area contributed by atoms with Crippen molar-refractivity contribution < 1.29 is 14.3 Å². The van der Waals surface area contributed by atoms with Crippen LogP contribution in [0.25, 0.3) is 0 Å². The smallest absolute Gasteiger partial charge is 0.343 e. The molecule has 0 aromatic heterocycles. The quantitative estimate of drug-likeness (QED) is 0.321. The van der Waals surface area contributed by atoms with Crippen LogP contribution in [-0.4, -0.2) is 22.3 Å². The number of carbonyl (C=O) groups is 1. The molecule has 3 aromatic carbocycles. The summed E-state index contributed by atoms with van der Waals surface area (Å²) in [5, 5.41) is 7.31. The van der Waals surface area contributed by atoms with E-state index in [1.807, 2.05) is 42.5 Å². The van der Waals surface area contributed by atoms with Crippen LogP contribution in [-0.2, 0) is 0 Å². The van der Waals surface area contributed by atoms with E-state index in [1.165, 1.54) is 5.56 Å². The van der Waals surface area contributed by atoms with Crippen molar-refractivity contribution in [3.05, 3.63) is 95.6 Å². The topological polar surface area (TPSA) is 59.6 Å². The molecule has 1 spiro atoms. The Morgan fingerprint density at radius 3 is 2.39 bits per heavy atom. The van der Waals surface area contributed by atoms with E-state index in [-0.39, 0.29) is 11.5 Å². The van der Waals surface area contributed by atoms with Crippen LogP contribution in [0.3, 0.4) is 0 Å². The van der Waals surface area contributed by atoms with Gasteiger partial charge in [-0.3, -0.25) is 0 Å². The molecule has 0 unspecified atom stereocenters. The lowest BCUT2D eigenvalue weighted by Gasteiger charge is -2.50. The maximum atomic E-state index is 12.6. The van der Waals surface area contributed by atoms with E-state index in [9.17, 15) is 4.79 Å². The van der Waals surface area contributed by atoms with Crippen molar-refractivity contribution >= 4 is 23.3 Å². The van der Waals surface area contributed by atoms with E-state index in [0.717, 1.165) is 18.4 Å². The van der Waals surface area contributed by atoms with E-state index >= 15 is 0 Å². The van der Waals surface area contributed by atoms with Gasteiger partial charge in [-0.05, 0) is 49.8 Å². The van der Waals surface area contributed by atoms with E-state index in [1.54, 1.807) is 12.1 Å². The van der Waals surface area contributed by atoms with Crippen molar-refractivity contribution in [2.45, 2.75) is 43.9 Å². The first kappa shape index (κ1) is 21.5. The number of carbonyl (C=O) groups excluding carboxylic acids is 1. The molecule has 6 heteroatoms. The number of hydrogen-bond acceptors (Lipinski definition) is 4. The number of ether oxygens (including phenoxy) is 2. The minimum absolute atomic E-state index is 0.109. The van der Waals surface area contributed by atoms with E-state index < -0.39 is 11.7 Å². The summed E-state index contributed by atoms with van der Waals surface area (Å²) >= 11 is 5.53. The van der Waals surface area contributed by atoms with Crippen LogP contribution >= 0.6 is 12.2 Å². The van der Waals surface area contributed by atoms with Gasteiger partial charge in [0.1, 0.15) is 11.5 Å².